The molecule has 4 aromatic rings. The Balaban J connectivity index is 1.33. The summed E-state index contributed by atoms with van der Waals surface area (Å²) in [6.07, 6.45) is 3.48. The second-order valence-electron chi connectivity index (χ2n) is 9.12. The van der Waals surface area contributed by atoms with Gasteiger partial charge in [-0.05, 0) is 55.9 Å². The van der Waals surface area contributed by atoms with Crippen LogP contribution in [0.25, 0.3) is 21.8 Å². The number of amides is 1. The van der Waals surface area contributed by atoms with Crippen molar-refractivity contribution in [2.75, 3.05) is 13.7 Å². The molecule has 2 aromatic heterocycles. The van der Waals surface area contributed by atoms with E-state index >= 15 is 0 Å². The molecule has 0 aliphatic heterocycles. The molecule has 2 aromatic carbocycles. The molecule has 0 bridgehead atoms. The maximum absolute atomic E-state index is 13.3. The fourth-order valence-electron chi connectivity index (χ4n) is 5.02. The van der Waals surface area contributed by atoms with E-state index in [1.54, 1.807) is 0 Å². The molecule has 1 N–H and O–H groups in total. The molecular weight excluding hydrogens is 426 g/mol. The lowest BCUT2D eigenvalue weighted by atomic mass is 9.82. The Bertz CT molecular complexity index is 1340. The van der Waals surface area contributed by atoms with Gasteiger partial charge in [0.2, 0.25) is 0 Å². The van der Waals surface area contributed by atoms with Crippen molar-refractivity contribution in [1.82, 2.24) is 14.9 Å². The Morgan fingerprint density at radius 1 is 0.971 bits per heavy atom. The van der Waals surface area contributed by atoms with Crippen LogP contribution < -0.4 is 5.32 Å². The van der Waals surface area contributed by atoms with Crippen molar-refractivity contribution in [1.29, 1.82) is 0 Å². The highest BCUT2D eigenvalue weighted by Crippen LogP contribution is 2.29. The van der Waals surface area contributed by atoms with E-state index in [0.717, 1.165) is 53.2 Å². The highest BCUT2D eigenvalue weighted by atomic mass is 16.5. The van der Waals surface area contributed by atoms with Crippen molar-refractivity contribution in [3.63, 3.8) is 0 Å². The summed E-state index contributed by atoms with van der Waals surface area (Å²) in [5.41, 5.74) is 3.51. The molecule has 174 valence electrons. The van der Waals surface area contributed by atoms with Crippen LogP contribution in [0, 0.1) is 11.8 Å². The zero-order chi connectivity index (χ0) is 23.5. The van der Waals surface area contributed by atoms with Crippen molar-refractivity contribution in [2.45, 2.75) is 32.2 Å². The zero-order valence-electron chi connectivity index (χ0n) is 19.4. The third-order valence-electron chi connectivity index (χ3n) is 6.95. The molecule has 6 nitrogen and oxygen atoms in total. The van der Waals surface area contributed by atoms with E-state index in [-0.39, 0.29) is 17.8 Å². The van der Waals surface area contributed by atoms with Crippen LogP contribution in [-0.4, -0.2) is 35.1 Å². The van der Waals surface area contributed by atoms with Crippen LogP contribution in [-0.2, 0) is 16.1 Å². The molecule has 34 heavy (non-hydrogen) atoms. The number of benzene rings is 2. The van der Waals surface area contributed by atoms with Gasteiger partial charge in [-0.25, -0.2) is 0 Å². The summed E-state index contributed by atoms with van der Waals surface area (Å²) >= 11 is 0. The Morgan fingerprint density at radius 2 is 1.71 bits per heavy atom. The molecule has 6 heteroatoms. The van der Waals surface area contributed by atoms with Gasteiger partial charge in [0.25, 0.3) is 5.91 Å². The summed E-state index contributed by atoms with van der Waals surface area (Å²) in [6, 6.07) is 22.2. The second kappa shape index (κ2) is 9.67. The SMILES string of the molecule is COC(=O)C1CCC(CNC(=O)c2cc3ccccc3n2Cc2ccc3ccccc3n2)CC1. The van der Waals surface area contributed by atoms with Crippen LogP contribution >= 0.6 is 0 Å². The van der Waals surface area contributed by atoms with Crippen molar-refractivity contribution >= 4 is 33.7 Å². The van der Waals surface area contributed by atoms with Crippen LogP contribution in [0.1, 0.15) is 41.9 Å². The molecular formula is C28H29N3O3. The topological polar surface area (TPSA) is 73.2 Å². The van der Waals surface area contributed by atoms with Gasteiger partial charge in [-0.15, -0.1) is 0 Å². The van der Waals surface area contributed by atoms with Gasteiger partial charge in [-0.3, -0.25) is 14.6 Å². The molecule has 1 fully saturated rings. The van der Waals surface area contributed by atoms with Gasteiger partial charge >= 0.3 is 5.97 Å². The van der Waals surface area contributed by atoms with Crippen molar-refractivity contribution in [3.05, 3.63) is 78.1 Å². The molecule has 1 saturated carbocycles. The number of carbonyl (C=O) groups is 2. The number of para-hydroxylation sites is 2. The lowest BCUT2D eigenvalue weighted by Gasteiger charge is -2.27. The Morgan fingerprint density at radius 3 is 2.50 bits per heavy atom. The van der Waals surface area contributed by atoms with E-state index in [2.05, 4.69) is 22.0 Å². The number of methoxy groups -OCH3 is 1. The van der Waals surface area contributed by atoms with Gasteiger partial charge in [-0.1, -0.05) is 42.5 Å². The number of hydrogen-bond acceptors (Lipinski definition) is 4. The molecule has 0 spiro atoms. The average Bonchev–Trinajstić information content (AvgIpc) is 3.25. The van der Waals surface area contributed by atoms with Crippen LogP contribution in [0.4, 0.5) is 0 Å². The lowest BCUT2D eigenvalue weighted by Crippen LogP contribution is -2.33. The quantitative estimate of drug-likeness (QED) is 0.418. The number of nitrogens with one attached hydrogen (secondary N) is 1. The summed E-state index contributed by atoms with van der Waals surface area (Å²) in [6.45, 7) is 1.13. The molecule has 2 heterocycles. The highest BCUT2D eigenvalue weighted by Gasteiger charge is 2.27. The van der Waals surface area contributed by atoms with Crippen LogP contribution in [0.15, 0.2) is 66.7 Å². The van der Waals surface area contributed by atoms with Gasteiger partial charge in [0.1, 0.15) is 5.69 Å². The second-order valence-corrected chi connectivity index (χ2v) is 9.12. The van der Waals surface area contributed by atoms with E-state index in [0.29, 0.717) is 24.7 Å². The first-order valence-electron chi connectivity index (χ1n) is 11.9. The predicted octanol–water partition coefficient (Wildman–Crippen LogP) is 4.95. The lowest BCUT2D eigenvalue weighted by molar-refractivity contribution is -0.146. The van der Waals surface area contributed by atoms with Gasteiger partial charge < -0.3 is 14.6 Å². The number of rotatable bonds is 6. The van der Waals surface area contributed by atoms with Crippen molar-refractivity contribution in [3.8, 4) is 0 Å². The number of carbonyl (C=O) groups excluding carboxylic acids is 2. The van der Waals surface area contributed by atoms with Crippen molar-refractivity contribution in [2.24, 2.45) is 11.8 Å². The summed E-state index contributed by atoms with van der Waals surface area (Å²) in [5, 5.41) is 5.28. The highest BCUT2D eigenvalue weighted by molar-refractivity contribution is 5.98. The minimum atomic E-state index is -0.116. The van der Waals surface area contributed by atoms with Crippen molar-refractivity contribution < 1.29 is 14.3 Å². The summed E-state index contributed by atoms with van der Waals surface area (Å²) in [5.74, 6) is 0.181. The Labute approximate surface area is 198 Å². The normalized spacial score (nSPS) is 18.1. The van der Waals surface area contributed by atoms with E-state index in [4.69, 9.17) is 9.72 Å². The molecule has 0 saturated heterocycles. The Hall–Kier alpha value is -3.67. The third kappa shape index (κ3) is 4.53. The van der Waals surface area contributed by atoms with Gasteiger partial charge in [0.05, 0.1) is 30.8 Å². The minimum absolute atomic E-state index is 0.00561. The maximum Gasteiger partial charge on any atom is 0.308 e. The predicted molar refractivity (Wildman–Crippen MR) is 133 cm³/mol. The minimum Gasteiger partial charge on any atom is -0.469 e. The molecule has 0 unspecified atom stereocenters. The molecule has 1 amide bonds. The van der Waals surface area contributed by atoms with Crippen LogP contribution in [0.3, 0.4) is 0 Å². The van der Waals surface area contributed by atoms with E-state index in [1.807, 2.05) is 54.6 Å². The zero-order valence-corrected chi connectivity index (χ0v) is 19.4. The molecule has 5 rings (SSSR count). The molecule has 0 atom stereocenters. The van der Waals surface area contributed by atoms with E-state index in [1.165, 1.54) is 7.11 Å². The number of hydrogen-bond donors (Lipinski definition) is 1. The fourth-order valence-corrected chi connectivity index (χ4v) is 5.02. The van der Waals surface area contributed by atoms with E-state index < -0.39 is 0 Å². The largest absolute Gasteiger partial charge is 0.469 e. The monoisotopic (exact) mass is 455 g/mol. The fraction of sp³-hybridized carbons (Fsp3) is 0.321. The summed E-state index contributed by atoms with van der Waals surface area (Å²) < 4.78 is 6.93. The van der Waals surface area contributed by atoms with Gasteiger partial charge in [-0.2, -0.15) is 0 Å². The molecule has 1 aliphatic rings. The number of nitrogens with zero attached hydrogens (tertiary/aromatic N) is 2. The number of fused-ring (bicyclic) bond motifs is 2. The number of aromatic nitrogens is 2. The van der Waals surface area contributed by atoms with E-state index in [9.17, 15) is 9.59 Å². The summed E-state index contributed by atoms with van der Waals surface area (Å²) in [7, 11) is 1.45. The average molecular weight is 456 g/mol. The first-order valence-corrected chi connectivity index (χ1v) is 11.9. The standard InChI is InChI=1S/C28H29N3O3/c1-34-28(33)21-12-10-19(11-13-21)17-29-27(32)26-16-22-7-3-5-9-25(22)31(26)18-23-15-14-20-6-2-4-8-24(20)30-23/h2-9,14-16,19,21H,10-13,17-18H2,1H3,(H,29,32). The number of esters is 1. The van der Waals surface area contributed by atoms with Crippen LogP contribution in [0.5, 0.6) is 0 Å². The maximum atomic E-state index is 13.3. The van der Waals surface area contributed by atoms with Gasteiger partial charge in [0, 0.05) is 22.8 Å². The molecule has 1 aliphatic carbocycles. The first kappa shape index (κ1) is 22.1. The smallest absolute Gasteiger partial charge is 0.308 e. The Kier molecular flexibility index (Phi) is 6.30. The molecule has 0 radical (unpaired) electrons. The van der Waals surface area contributed by atoms with Crippen LogP contribution in [0.2, 0.25) is 0 Å². The number of ether oxygens (including phenoxy) is 1. The first-order chi connectivity index (χ1) is 16.6. The van der Waals surface area contributed by atoms with Gasteiger partial charge in [0.15, 0.2) is 0 Å². The third-order valence-corrected chi connectivity index (χ3v) is 6.95. The summed E-state index contributed by atoms with van der Waals surface area (Å²) in [4.78, 5) is 29.9. The number of pyridine rings is 1.